The molecule has 1 aromatic carbocycles. The molecule has 1 fully saturated rings. The van der Waals surface area contributed by atoms with Crippen LogP contribution in [0.3, 0.4) is 0 Å². The Morgan fingerprint density at radius 1 is 1.38 bits per heavy atom. The first-order valence-corrected chi connectivity index (χ1v) is 9.57. The Bertz CT molecular complexity index is 697. The highest BCUT2D eigenvalue weighted by Crippen LogP contribution is 2.25. The summed E-state index contributed by atoms with van der Waals surface area (Å²) < 4.78 is 12.5. The molecule has 3 rings (SSSR count). The molecule has 2 heterocycles. The Morgan fingerprint density at radius 2 is 2.21 bits per heavy atom. The van der Waals surface area contributed by atoms with Crippen LogP contribution in [-0.4, -0.2) is 37.2 Å². The predicted molar refractivity (Wildman–Crippen MR) is 98.7 cm³/mol. The molecule has 1 saturated heterocycles. The van der Waals surface area contributed by atoms with Gasteiger partial charge in [0, 0.05) is 18.5 Å². The number of benzene rings is 1. The van der Waals surface area contributed by atoms with Crippen molar-refractivity contribution in [1.29, 1.82) is 0 Å². The van der Waals surface area contributed by atoms with Gasteiger partial charge in [0.05, 0.1) is 22.0 Å². The van der Waals surface area contributed by atoms with Gasteiger partial charge in [-0.25, -0.2) is 0 Å². The van der Waals surface area contributed by atoms with Crippen LogP contribution in [0.4, 0.5) is 0 Å². The fraction of sp³-hybridized carbons (Fsp3) is 0.389. The van der Waals surface area contributed by atoms with Gasteiger partial charge in [0.25, 0.3) is 5.91 Å². The fourth-order valence-electron chi connectivity index (χ4n) is 2.68. The number of thiophene rings is 1. The zero-order valence-corrected chi connectivity index (χ0v) is 15.9. The average molecular weight is 410 g/mol. The standard InChI is InChI=1S/C18H20BrNO3S/c1-20(11-14-8-9-17(19)24-14)18(21)15-6-2-3-7-16(15)23-12-13-5-4-10-22-13/h2-3,6-9,13H,4-5,10-12H2,1H3. The lowest BCUT2D eigenvalue weighted by Crippen LogP contribution is -2.27. The SMILES string of the molecule is CN(Cc1ccc(Br)s1)C(=O)c1ccccc1OCC1CCCO1. The van der Waals surface area contributed by atoms with E-state index in [0.717, 1.165) is 28.1 Å². The third-order valence-electron chi connectivity index (χ3n) is 3.93. The van der Waals surface area contributed by atoms with Crippen LogP contribution in [-0.2, 0) is 11.3 Å². The number of nitrogens with zero attached hydrogens (tertiary/aromatic N) is 1. The van der Waals surface area contributed by atoms with Crippen molar-refractivity contribution in [3.05, 3.63) is 50.6 Å². The molecular weight excluding hydrogens is 390 g/mol. The fourth-order valence-corrected chi connectivity index (χ4v) is 4.21. The van der Waals surface area contributed by atoms with E-state index in [0.29, 0.717) is 24.5 Å². The van der Waals surface area contributed by atoms with Crippen LogP contribution in [0.25, 0.3) is 0 Å². The maximum Gasteiger partial charge on any atom is 0.257 e. The van der Waals surface area contributed by atoms with E-state index in [2.05, 4.69) is 15.9 Å². The van der Waals surface area contributed by atoms with Gasteiger partial charge in [-0.2, -0.15) is 0 Å². The topological polar surface area (TPSA) is 38.8 Å². The number of carbonyl (C=O) groups excluding carboxylic acids is 1. The van der Waals surface area contributed by atoms with E-state index in [4.69, 9.17) is 9.47 Å². The number of ether oxygens (including phenoxy) is 2. The summed E-state index contributed by atoms with van der Waals surface area (Å²) in [5.41, 5.74) is 0.591. The van der Waals surface area contributed by atoms with Crippen LogP contribution in [0.15, 0.2) is 40.2 Å². The highest BCUT2D eigenvalue weighted by atomic mass is 79.9. The minimum atomic E-state index is -0.0394. The quantitative estimate of drug-likeness (QED) is 0.711. The van der Waals surface area contributed by atoms with E-state index in [1.807, 2.05) is 43.4 Å². The molecule has 4 nitrogen and oxygen atoms in total. The number of halogens is 1. The number of carbonyl (C=O) groups is 1. The highest BCUT2D eigenvalue weighted by Gasteiger charge is 2.20. The monoisotopic (exact) mass is 409 g/mol. The summed E-state index contributed by atoms with van der Waals surface area (Å²) >= 11 is 5.09. The molecule has 1 aliphatic heterocycles. The summed E-state index contributed by atoms with van der Waals surface area (Å²) in [7, 11) is 1.81. The van der Waals surface area contributed by atoms with Gasteiger partial charge in [-0.15, -0.1) is 11.3 Å². The van der Waals surface area contributed by atoms with Crippen molar-refractivity contribution >= 4 is 33.2 Å². The lowest BCUT2D eigenvalue weighted by atomic mass is 10.1. The van der Waals surface area contributed by atoms with Crippen LogP contribution < -0.4 is 4.74 Å². The molecule has 2 aromatic rings. The molecule has 0 bridgehead atoms. The molecule has 0 saturated carbocycles. The van der Waals surface area contributed by atoms with E-state index in [9.17, 15) is 4.79 Å². The van der Waals surface area contributed by atoms with Gasteiger partial charge in [0.1, 0.15) is 12.4 Å². The van der Waals surface area contributed by atoms with E-state index in [-0.39, 0.29) is 12.0 Å². The number of hydrogen-bond acceptors (Lipinski definition) is 4. The van der Waals surface area contributed by atoms with Crippen molar-refractivity contribution in [3.63, 3.8) is 0 Å². The first kappa shape index (κ1) is 17.5. The summed E-state index contributed by atoms with van der Waals surface area (Å²) in [6, 6.07) is 11.4. The number of para-hydroxylation sites is 1. The van der Waals surface area contributed by atoms with Crippen LogP contribution in [0.1, 0.15) is 28.1 Å². The van der Waals surface area contributed by atoms with Gasteiger partial charge < -0.3 is 14.4 Å². The average Bonchev–Trinajstić information content (AvgIpc) is 3.24. The molecule has 1 atom stereocenters. The minimum Gasteiger partial charge on any atom is -0.490 e. The molecule has 1 aliphatic rings. The van der Waals surface area contributed by atoms with Gasteiger partial charge in [0.15, 0.2) is 0 Å². The maximum atomic E-state index is 12.8. The molecule has 24 heavy (non-hydrogen) atoms. The van der Waals surface area contributed by atoms with Crippen LogP contribution >= 0.6 is 27.3 Å². The Balaban J connectivity index is 1.66. The van der Waals surface area contributed by atoms with Crippen molar-refractivity contribution in [2.75, 3.05) is 20.3 Å². The summed E-state index contributed by atoms with van der Waals surface area (Å²) in [6.07, 6.45) is 2.23. The molecule has 0 spiro atoms. The Labute approximate surface area is 154 Å². The normalized spacial score (nSPS) is 17.0. The van der Waals surface area contributed by atoms with E-state index in [1.165, 1.54) is 0 Å². The summed E-state index contributed by atoms with van der Waals surface area (Å²) in [5, 5.41) is 0. The third-order valence-corrected chi connectivity index (χ3v) is 5.54. The molecule has 1 unspecified atom stereocenters. The van der Waals surface area contributed by atoms with Crippen molar-refractivity contribution in [1.82, 2.24) is 4.90 Å². The highest BCUT2D eigenvalue weighted by molar-refractivity contribution is 9.11. The number of rotatable bonds is 6. The molecule has 128 valence electrons. The summed E-state index contributed by atoms with van der Waals surface area (Å²) in [5.74, 6) is 0.583. The van der Waals surface area contributed by atoms with Crippen molar-refractivity contribution in [3.8, 4) is 5.75 Å². The van der Waals surface area contributed by atoms with E-state index < -0.39 is 0 Å². The molecule has 0 aliphatic carbocycles. The molecule has 1 amide bonds. The lowest BCUT2D eigenvalue weighted by molar-refractivity contribution is 0.0656. The van der Waals surface area contributed by atoms with E-state index >= 15 is 0 Å². The lowest BCUT2D eigenvalue weighted by Gasteiger charge is -2.19. The van der Waals surface area contributed by atoms with Crippen molar-refractivity contribution in [2.45, 2.75) is 25.5 Å². The Hall–Kier alpha value is -1.37. The first-order valence-electron chi connectivity index (χ1n) is 7.96. The smallest absolute Gasteiger partial charge is 0.257 e. The van der Waals surface area contributed by atoms with Crippen molar-refractivity contribution < 1.29 is 14.3 Å². The number of hydrogen-bond donors (Lipinski definition) is 0. The van der Waals surface area contributed by atoms with Crippen LogP contribution in [0, 0.1) is 0 Å². The first-order chi connectivity index (χ1) is 11.6. The van der Waals surface area contributed by atoms with Gasteiger partial charge in [-0.3, -0.25) is 4.79 Å². The minimum absolute atomic E-state index is 0.0394. The van der Waals surface area contributed by atoms with E-state index in [1.54, 1.807) is 16.2 Å². The summed E-state index contributed by atoms with van der Waals surface area (Å²) in [6.45, 7) is 1.87. The molecule has 1 aromatic heterocycles. The second-order valence-electron chi connectivity index (χ2n) is 5.81. The second kappa shape index (κ2) is 8.14. The zero-order valence-electron chi connectivity index (χ0n) is 13.5. The third kappa shape index (κ3) is 4.37. The Kier molecular flexibility index (Phi) is 5.92. The molecule has 6 heteroatoms. The molecule has 0 N–H and O–H groups in total. The molecular formula is C18H20BrNO3S. The van der Waals surface area contributed by atoms with Gasteiger partial charge >= 0.3 is 0 Å². The van der Waals surface area contributed by atoms with Gasteiger partial charge in [-0.1, -0.05) is 12.1 Å². The van der Waals surface area contributed by atoms with Crippen LogP contribution in [0.2, 0.25) is 0 Å². The van der Waals surface area contributed by atoms with Gasteiger partial charge in [-0.05, 0) is 53.0 Å². The second-order valence-corrected chi connectivity index (χ2v) is 8.36. The van der Waals surface area contributed by atoms with Gasteiger partial charge in [0.2, 0.25) is 0 Å². The van der Waals surface area contributed by atoms with Crippen LogP contribution in [0.5, 0.6) is 5.75 Å². The van der Waals surface area contributed by atoms with Crippen molar-refractivity contribution in [2.24, 2.45) is 0 Å². The zero-order chi connectivity index (χ0) is 16.9. The Morgan fingerprint density at radius 3 is 2.92 bits per heavy atom. The predicted octanol–water partition coefficient (Wildman–Crippen LogP) is 4.34. The maximum absolute atomic E-state index is 12.8. The molecule has 0 radical (unpaired) electrons. The summed E-state index contributed by atoms with van der Waals surface area (Å²) in [4.78, 5) is 15.6. The number of amides is 1. The largest absolute Gasteiger partial charge is 0.490 e.